The Morgan fingerprint density at radius 2 is 2.27 bits per heavy atom. The van der Waals surface area contributed by atoms with Crippen LogP contribution in [-0.2, 0) is 0 Å². The van der Waals surface area contributed by atoms with E-state index in [9.17, 15) is 13.2 Å². The molecule has 1 heterocycles. The molecule has 1 aliphatic rings. The first-order valence-corrected chi connectivity index (χ1v) is 3.07. The number of alkyl halides is 3. The van der Waals surface area contributed by atoms with E-state index in [-0.39, 0.29) is 12.1 Å². The van der Waals surface area contributed by atoms with Gasteiger partial charge in [-0.25, -0.2) is 0 Å². The van der Waals surface area contributed by atoms with Crippen molar-refractivity contribution in [2.24, 2.45) is 4.99 Å². The van der Waals surface area contributed by atoms with Crippen LogP contribution in [0.25, 0.3) is 0 Å². The summed E-state index contributed by atoms with van der Waals surface area (Å²) in [7, 11) is 0. The maximum Gasteiger partial charge on any atom is 0.392 e. The molecule has 0 aliphatic carbocycles. The Hall–Kier alpha value is -1.00. The predicted octanol–water partition coefficient (Wildman–Crippen LogP) is 1.45. The minimum Gasteiger partial charge on any atom is -0.353 e. The quantitative estimate of drug-likeness (QED) is 0.623. The molecule has 0 spiro atoms. The van der Waals surface area contributed by atoms with Gasteiger partial charge >= 0.3 is 6.18 Å². The van der Waals surface area contributed by atoms with Gasteiger partial charge in [-0.1, -0.05) is 0 Å². The molecule has 0 radical (unpaired) electrons. The summed E-state index contributed by atoms with van der Waals surface area (Å²) in [4.78, 5) is 3.64. The van der Waals surface area contributed by atoms with Crippen LogP contribution in [0.1, 0.15) is 6.42 Å². The van der Waals surface area contributed by atoms with Gasteiger partial charge in [-0.15, -0.1) is 0 Å². The maximum atomic E-state index is 11.7. The molecule has 0 aromatic rings. The molecule has 0 fully saturated rings. The van der Waals surface area contributed by atoms with E-state index in [4.69, 9.17) is 0 Å². The molecule has 0 aromatic carbocycles. The van der Waals surface area contributed by atoms with E-state index in [1.54, 1.807) is 0 Å². The highest BCUT2D eigenvalue weighted by molar-refractivity contribution is 5.57. The average Bonchev–Trinajstić information content (AvgIpc) is 1.85. The van der Waals surface area contributed by atoms with Gasteiger partial charge < -0.3 is 5.32 Å². The molecule has 0 atom stereocenters. The van der Waals surface area contributed by atoms with Crippen LogP contribution in [-0.4, -0.2) is 19.1 Å². The second-order valence-corrected chi connectivity index (χ2v) is 2.23. The zero-order valence-electron chi connectivity index (χ0n) is 5.65. The zero-order valence-corrected chi connectivity index (χ0v) is 5.65. The molecule has 2 nitrogen and oxygen atoms in total. The lowest BCUT2D eigenvalue weighted by atomic mass is 10.2. The van der Waals surface area contributed by atoms with Crippen molar-refractivity contribution >= 4 is 6.34 Å². The van der Waals surface area contributed by atoms with Crippen molar-refractivity contribution in [3.63, 3.8) is 0 Å². The minimum atomic E-state index is -4.12. The summed E-state index contributed by atoms with van der Waals surface area (Å²) in [6, 6.07) is 0. The number of nitrogens with zero attached hydrogens (tertiary/aromatic N) is 1. The highest BCUT2D eigenvalue weighted by Gasteiger charge is 2.28. The van der Waals surface area contributed by atoms with Crippen molar-refractivity contribution in [3.8, 4) is 0 Å². The van der Waals surface area contributed by atoms with Gasteiger partial charge in [-0.2, -0.15) is 13.2 Å². The van der Waals surface area contributed by atoms with Crippen LogP contribution in [0.15, 0.2) is 16.8 Å². The number of hydrogen-bond acceptors (Lipinski definition) is 2. The Morgan fingerprint density at radius 3 is 2.73 bits per heavy atom. The molecule has 1 N–H and O–H groups in total. The fourth-order valence-electron chi connectivity index (χ4n) is 0.781. The summed E-state index contributed by atoms with van der Waals surface area (Å²) in [6.45, 7) is 0.145. The molecular formula is C6H7F3N2. The van der Waals surface area contributed by atoms with Gasteiger partial charge in [0.05, 0.1) is 19.3 Å². The molecule has 0 aromatic heterocycles. The zero-order chi connectivity index (χ0) is 8.32. The standard InChI is InChI=1S/C6H7F3N2/c7-6(8,9)1-5-2-10-4-11-3-5/h2,4H,1,3H2,(H,10,11). The van der Waals surface area contributed by atoms with Gasteiger partial charge in [0.25, 0.3) is 0 Å². The topological polar surface area (TPSA) is 24.4 Å². The Labute approximate surface area is 61.8 Å². The average molecular weight is 164 g/mol. The Balaban J connectivity index is 2.44. The first-order chi connectivity index (χ1) is 5.08. The number of hydrogen-bond donors (Lipinski definition) is 1. The molecule has 11 heavy (non-hydrogen) atoms. The first kappa shape index (κ1) is 8.10. The van der Waals surface area contributed by atoms with E-state index in [1.165, 1.54) is 12.5 Å². The first-order valence-electron chi connectivity index (χ1n) is 3.07. The van der Waals surface area contributed by atoms with Crippen LogP contribution in [0, 0.1) is 0 Å². The molecule has 0 amide bonds. The van der Waals surface area contributed by atoms with Gasteiger partial charge in [-0.3, -0.25) is 4.99 Å². The predicted molar refractivity (Wildman–Crippen MR) is 35.2 cm³/mol. The number of nitrogens with one attached hydrogen (secondary N) is 1. The molecule has 62 valence electrons. The molecule has 5 heteroatoms. The van der Waals surface area contributed by atoms with E-state index in [0.717, 1.165) is 0 Å². The molecule has 1 rings (SSSR count). The highest BCUT2D eigenvalue weighted by atomic mass is 19.4. The fourth-order valence-corrected chi connectivity index (χ4v) is 0.781. The van der Waals surface area contributed by atoms with E-state index >= 15 is 0 Å². The third-order valence-electron chi connectivity index (χ3n) is 1.18. The SMILES string of the molecule is FC(F)(F)CC1=CNC=NC1. The van der Waals surface area contributed by atoms with E-state index < -0.39 is 12.6 Å². The number of rotatable bonds is 1. The Kier molecular flexibility index (Phi) is 2.16. The van der Waals surface area contributed by atoms with Gasteiger partial charge in [0.2, 0.25) is 0 Å². The lowest BCUT2D eigenvalue weighted by molar-refractivity contribution is -0.127. The van der Waals surface area contributed by atoms with Gasteiger partial charge in [0, 0.05) is 6.20 Å². The van der Waals surface area contributed by atoms with E-state index in [0.29, 0.717) is 0 Å². The second kappa shape index (κ2) is 2.94. The molecular weight excluding hydrogens is 157 g/mol. The molecule has 0 unspecified atom stereocenters. The largest absolute Gasteiger partial charge is 0.392 e. The normalized spacial score (nSPS) is 17.5. The van der Waals surface area contributed by atoms with Crippen LogP contribution in [0.2, 0.25) is 0 Å². The summed E-state index contributed by atoms with van der Waals surface area (Å²) in [5, 5.41) is 2.50. The number of halogens is 3. The summed E-state index contributed by atoms with van der Waals surface area (Å²) >= 11 is 0. The fraction of sp³-hybridized carbons (Fsp3) is 0.500. The Morgan fingerprint density at radius 1 is 1.55 bits per heavy atom. The van der Waals surface area contributed by atoms with Gasteiger partial charge in [-0.05, 0) is 5.57 Å². The van der Waals surface area contributed by atoms with Crippen LogP contribution in [0.3, 0.4) is 0 Å². The Bertz CT molecular complexity index is 192. The molecule has 1 aliphatic heterocycles. The maximum absolute atomic E-state index is 11.7. The third kappa shape index (κ3) is 3.06. The van der Waals surface area contributed by atoms with Crippen molar-refractivity contribution in [2.75, 3.05) is 6.54 Å². The minimum absolute atomic E-state index is 0.145. The molecule has 0 saturated carbocycles. The van der Waals surface area contributed by atoms with Crippen molar-refractivity contribution in [1.29, 1.82) is 0 Å². The number of aliphatic imine (C=N–C) groups is 1. The lowest BCUT2D eigenvalue weighted by Crippen LogP contribution is -2.16. The summed E-state index contributed by atoms with van der Waals surface area (Å²) in [5.74, 6) is 0. The summed E-state index contributed by atoms with van der Waals surface area (Å²) in [6.07, 6.45) is -2.29. The van der Waals surface area contributed by atoms with Crippen molar-refractivity contribution < 1.29 is 13.2 Å². The lowest BCUT2D eigenvalue weighted by Gasteiger charge is -2.10. The monoisotopic (exact) mass is 164 g/mol. The van der Waals surface area contributed by atoms with E-state index in [1.807, 2.05) is 0 Å². The highest BCUT2D eigenvalue weighted by Crippen LogP contribution is 2.24. The smallest absolute Gasteiger partial charge is 0.353 e. The molecule has 0 bridgehead atoms. The van der Waals surface area contributed by atoms with Crippen LogP contribution in [0.5, 0.6) is 0 Å². The van der Waals surface area contributed by atoms with Crippen LogP contribution < -0.4 is 5.32 Å². The third-order valence-corrected chi connectivity index (χ3v) is 1.18. The van der Waals surface area contributed by atoms with E-state index in [2.05, 4.69) is 10.3 Å². The summed E-state index contributed by atoms with van der Waals surface area (Å²) in [5.41, 5.74) is 0.264. The van der Waals surface area contributed by atoms with Crippen molar-refractivity contribution in [1.82, 2.24) is 5.32 Å². The summed E-state index contributed by atoms with van der Waals surface area (Å²) < 4.78 is 35.2. The van der Waals surface area contributed by atoms with Crippen molar-refractivity contribution in [3.05, 3.63) is 11.8 Å². The van der Waals surface area contributed by atoms with Gasteiger partial charge in [0.1, 0.15) is 0 Å². The van der Waals surface area contributed by atoms with Crippen molar-refractivity contribution in [2.45, 2.75) is 12.6 Å². The van der Waals surface area contributed by atoms with Gasteiger partial charge in [0.15, 0.2) is 0 Å². The second-order valence-electron chi connectivity index (χ2n) is 2.23. The molecule has 0 saturated heterocycles. The van der Waals surface area contributed by atoms with Crippen LogP contribution in [0.4, 0.5) is 13.2 Å². The van der Waals surface area contributed by atoms with Crippen LogP contribution >= 0.6 is 0 Å².